The van der Waals surface area contributed by atoms with Gasteiger partial charge in [-0.15, -0.1) is 11.8 Å². The Morgan fingerprint density at radius 3 is 1.53 bits per heavy atom. The summed E-state index contributed by atoms with van der Waals surface area (Å²) in [4.78, 5) is 14.0. The molecule has 2 bridgehead atoms. The Morgan fingerprint density at radius 1 is 0.510 bits per heavy atom. The lowest BCUT2D eigenvalue weighted by Gasteiger charge is -2.31. The van der Waals surface area contributed by atoms with Gasteiger partial charge in [-0.3, -0.25) is 0 Å². The molecule has 0 amide bonds. The third kappa shape index (κ3) is 5.12. The standard InChI is InChI=1S/C44H32N4O2S/c1-5-13-30(14-6-1)47(31-15-7-2-8-16-31)34-23-29(24-35(25-34)48(32-17-9-3-10-18-32)33-19-11-4-12-20-33)40-38-21-22-39(51-38)41(40)42-43-37(49-28-46-43)26-36-44(42)50-27-45-36/h1-20,23-28,38-39H,21-22H2. The zero-order valence-electron chi connectivity index (χ0n) is 27.6. The van der Waals surface area contributed by atoms with Gasteiger partial charge in [-0.2, -0.15) is 0 Å². The van der Waals surface area contributed by atoms with E-state index in [-0.39, 0.29) is 0 Å². The van der Waals surface area contributed by atoms with Crippen molar-refractivity contribution in [3.8, 4) is 0 Å². The summed E-state index contributed by atoms with van der Waals surface area (Å²) < 4.78 is 12.0. The van der Waals surface area contributed by atoms with Crippen LogP contribution in [0.1, 0.15) is 24.0 Å². The van der Waals surface area contributed by atoms with Crippen LogP contribution in [0.25, 0.3) is 33.3 Å². The summed E-state index contributed by atoms with van der Waals surface area (Å²) in [5, 5.41) is 0.642. The van der Waals surface area contributed by atoms with Crippen LogP contribution in [-0.4, -0.2) is 20.5 Å². The minimum Gasteiger partial charge on any atom is -0.443 e. The van der Waals surface area contributed by atoms with E-state index in [9.17, 15) is 0 Å². The average Bonchev–Trinajstić information content (AvgIpc) is 4.02. The minimum atomic E-state index is 0.311. The van der Waals surface area contributed by atoms with Crippen LogP contribution in [0.3, 0.4) is 0 Å². The predicted octanol–water partition coefficient (Wildman–Crippen LogP) is 12.1. The maximum Gasteiger partial charge on any atom is 0.182 e. The van der Waals surface area contributed by atoms with Crippen LogP contribution in [0, 0.1) is 0 Å². The van der Waals surface area contributed by atoms with Gasteiger partial charge >= 0.3 is 0 Å². The highest BCUT2D eigenvalue weighted by molar-refractivity contribution is 8.02. The second-order valence-corrected chi connectivity index (χ2v) is 14.3. The van der Waals surface area contributed by atoms with Crippen molar-refractivity contribution in [3.05, 3.63) is 170 Å². The molecule has 1 saturated heterocycles. The lowest BCUT2D eigenvalue weighted by molar-refractivity contribution is 0.600. The van der Waals surface area contributed by atoms with E-state index < -0.39 is 0 Å². The molecule has 0 N–H and O–H groups in total. The van der Waals surface area contributed by atoms with E-state index in [1.54, 1.807) is 0 Å². The molecule has 2 aromatic heterocycles. The fraction of sp³-hybridized carbons (Fsp3) is 0.0909. The van der Waals surface area contributed by atoms with Crippen LogP contribution < -0.4 is 9.80 Å². The first-order valence-electron chi connectivity index (χ1n) is 17.3. The van der Waals surface area contributed by atoms with Crippen molar-refractivity contribution < 1.29 is 8.83 Å². The molecule has 0 saturated carbocycles. The molecule has 1 fully saturated rings. The first-order chi connectivity index (χ1) is 25.3. The van der Waals surface area contributed by atoms with Crippen molar-refractivity contribution in [2.24, 2.45) is 0 Å². The summed E-state index contributed by atoms with van der Waals surface area (Å²) in [6.07, 6.45) is 5.28. The lowest BCUT2D eigenvalue weighted by atomic mass is 9.83. The van der Waals surface area contributed by atoms with Crippen LogP contribution in [0.15, 0.2) is 167 Å². The monoisotopic (exact) mass is 680 g/mol. The second-order valence-electron chi connectivity index (χ2n) is 12.9. The minimum absolute atomic E-state index is 0.311. The van der Waals surface area contributed by atoms with Crippen molar-refractivity contribution in [1.82, 2.24) is 9.97 Å². The molecule has 7 heteroatoms. The summed E-state index contributed by atoms with van der Waals surface area (Å²) in [5.41, 5.74) is 14.4. The molecule has 6 aromatic carbocycles. The van der Waals surface area contributed by atoms with Crippen LogP contribution in [-0.2, 0) is 0 Å². The number of para-hydroxylation sites is 4. The Bertz CT molecular complexity index is 2300. The van der Waals surface area contributed by atoms with Crippen LogP contribution >= 0.6 is 11.8 Å². The molecule has 2 unspecified atom stereocenters. The molecule has 0 radical (unpaired) electrons. The van der Waals surface area contributed by atoms with Gasteiger partial charge in [0, 0.05) is 50.7 Å². The molecule has 2 aliphatic heterocycles. The third-order valence-corrected chi connectivity index (χ3v) is 11.5. The Balaban J connectivity index is 1.28. The number of oxazole rings is 2. The van der Waals surface area contributed by atoms with Crippen LogP contribution in [0.5, 0.6) is 0 Å². The lowest BCUT2D eigenvalue weighted by Crippen LogP contribution is -2.15. The molecule has 8 aromatic rings. The summed E-state index contributed by atoms with van der Waals surface area (Å²) >= 11 is 2.05. The van der Waals surface area contributed by atoms with E-state index in [0.29, 0.717) is 10.5 Å². The highest BCUT2D eigenvalue weighted by Crippen LogP contribution is 2.59. The maximum absolute atomic E-state index is 6.13. The van der Waals surface area contributed by atoms with E-state index in [1.165, 1.54) is 29.5 Å². The average molecular weight is 681 g/mol. The van der Waals surface area contributed by atoms with Crippen molar-refractivity contribution in [1.29, 1.82) is 0 Å². The Kier molecular flexibility index (Phi) is 7.24. The summed E-state index contributed by atoms with van der Waals surface area (Å²) in [5.74, 6) is 0. The Labute approximate surface area is 299 Å². The Hall–Kier alpha value is -6.05. The molecule has 10 rings (SSSR count). The molecule has 0 spiro atoms. The van der Waals surface area contributed by atoms with Gasteiger partial charge in [0.2, 0.25) is 0 Å². The molecule has 6 nitrogen and oxygen atoms in total. The third-order valence-electron chi connectivity index (χ3n) is 9.93. The zero-order valence-corrected chi connectivity index (χ0v) is 28.4. The number of hydrogen-bond acceptors (Lipinski definition) is 7. The smallest absolute Gasteiger partial charge is 0.182 e. The maximum atomic E-state index is 6.13. The highest BCUT2D eigenvalue weighted by atomic mass is 32.2. The second kappa shape index (κ2) is 12.4. The van der Waals surface area contributed by atoms with E-state index in [0.717, 1.165) is 74.7 Å². The van der Waals surface area contributed by atoms with Crippen molar-refractivity contribution >= 4 is 79.2 Å². The van der Waals surface area contributed by atoms with Gasteiger partial charge in [-0.1, -0.05) is 72.8 Å². The van der Waals surface area contributed by atoms with Gasteiger partial charge in [-0.05, 0) is 96.3 Å². The fourth-order valence-electron chi connectivity index (χ4n) is 7.83. The number of rotatable bonds is 8. The largest absolute Gasteiger partial charge is 0.443 e. The first kappa shape index (κ1) is 29.8. The Morgan fingerprint density at radius 2 is 1.00 bits per heavy atom. The molecule has 0 aliphatic carbocycles. The number of hydrogen-bond donors (Lipinski definition) is 0. The van der Waals surface area contributed by atoms with Crippen molar-refractivity contribution in [3.63, 3.8) is 0 Å². The molecule has 246 valence electrons. The quantitative estimate of drug-likeness (QED) is 0.158. The highest BCUT2D eigenvalue weighted by Gasteiger charge is 2.43. The molecular formula is C44H32N4O2S. The molecular weight excluding hydrogens is 649 g/mol. The topological polar surface area (TPSA) is 58.5 Å². The molecule has 4 heterocycles. The van der Waals surface area contributed by atoms with Gasteiger partial charge in [0.15, 0.2) is 24.0 Å². The van der Waals surface area contributed by atoms with E-state index in [1.807, 2.05) is 6.07 Å². The van der Waals surface area contributed by atoms with E-state index >= 15 is 0 Å². The first-order valence-corrected chi connectivity index (χ1v) is 18.2. The van der Waals surface area contributed by atoms with Gasteiger partial charge in [-0.25, -0.2) is 9.97 Å². The SMILES string of the molecule is c1ccc(N(c2ccccc2)c2cc(C3=C(c4c5ncoc5cc5ncoc45)C4CCC3S4)cc(N(c3ccccc3)c3ccccc3)c2)cc1. The number of anilines is 6. The number of aromatic nitrogens is 2. The number of fused-ring (bicyclic) bond motifs is 4. The van der Waals surface area contributed by atoms with Crippen molar-refractivity contribution in [2.45, 2.75) is 23.3 Å². The van der Waals surface area contributed by atoms with Gasteiger partial charge < -0.3 is 18.6 Å². The normalized spacial score (nSPS) is 16.7. The summed E-state index contributed by atoms with van der Waals surface area (Å²) in [7, 11) is 0. The molecule has 2 aliphatic rings. The number of nitrogens with zero attached hydrogens (tertiary/aromatic N) is 4. The summed E-state index contributed by atoms with van der Waals surface area (Å²) in [6.45, 7) is 0. The zero-order chi connectivity index (χ0) is 33.7. The van der Waals surface area contributed by atoms with Gasteiger partial charge in [0.1, 0.15) is 11.0 Å². The van der Waals surface area contributed by atoms with Crippen LogP contribution in [0.4, 0.5) is 34.1 Å². The number of thioether (sulfide) groups is 1. The molecule has 2 atom stereocenters. The predicted molar refractivity (Wildman–Crippen MR) is 209 cm³/mol. The van der Waals surface area contributed by atoms with Gasteiger partial charge in [0.25, 0.3) is 0 Å². The number of benzene rings is 6. The molecule has 51 heavy (non-hydrogen) atoms. The van der Waals surface area contributed by atoms with E-state index in [4.69, 9.17) is 13.8 Å². The fourth-order valence-corrected chi connectivity index (χ4v) is 9.55. The van der Waals surface area contributed by atoms with Gasteiger partial charge in [0.05, 0.1) is 5.56 Å². The summed E-state index contributed by atoms with van der Waals surface area (Å²) in [6, 6.07) is 51.5. The van der Waals surface area contributed by atoms with E-state index in [2.05, 4.69) is 166 Å². The van der Waals surface area contributed by atoms with Crippen LogP contribution in [0.2, 0.25) is 0 Å². The van der Waals surface area contributed by atoms with Crippen molar-refractivity contribution in [2.75, 3.05) is 9.80 Å².